The molecule has 0 atom stereocenters. The van der Waals surface area contributed by atoms with E-state index in [9.17, 15) is 12.8 Å². The van der Waals surface area contributed by atoms with Gasteiger partial charge in [-0.3, -0.25) is 0 Å². The zero-order valence-corrected chi connectivity index (χ0v) is 8.55. The van der Waals surface area contributed by atoms with Crippen LogP contribution < -0.4 is 4.74 Å². The summed E-state index contributed by atoms with van der Waals surface area (Å²) in [5.41, 5.74) is 0. The molecule has 1 aromatic rings. The minimum atomic E-state index is -3.02. The largest absolute Gasteiger partial charge is 0.492 e. The van der Waals surface area contributed by atoms with Gasteiger partial charge in [0.2, 0.25) is 0 Å². The number of hydrogen-bond acceptors (Lipinski definition) is 3. The highest BCUT2D eigenvalue weighted by Gasteiger charge is 2.02. The number of ether oxygens (including phenoxy) is 1. The average molecular weight is 218 g/mol. The predicted molar refractivity (Wildman–Crippen MR) is 51.6 cm³/mol. The molecular weight excluding hydrogens is 207 g/mol. The van der Waals surface area contributed by atoms with E-state index < -0.39 is 15.7 Å². The van der Waals surface area contributed by atoms with E-state index in [2.05, 4.69) is 0 Å². The van der Waals surface area contributed by atoms with Crippen LogP contribution in [-0.4, -0.2) is 27.0 Å². The van der Waals surface area contributed by atoms with Gasteiger partial charge in [-0.25, -0.2) is 12.8 Å². The first-order chi connectivity index (χ1) is 6.47. The summed E-state index contributed by atoms with van der Waals surface area (Å²) >= 11 is 0. The van der Waals surface area contributed by atoms with Gasteiger partial charge in [0.1, 0.15) is 18.2 Å². The summed E-state index contributed by atoms with van der Waals surface area (Å²) in [7, 11) is -3.02. The monoisotopic (exact) mass is 218 g/mol. The summed E-state index contributed by atoms with van der Waals surface area (Å²) in [5, 5.41) is 0. The van der Waals surface area contributed by atoms with Gasteiger partial charge >= 0.3 is 0 Å². The van der Waals surface area contributed by atoms with Gasteiger partial charge in [-0.05, 0) is 12.1 Å². The topological polar surface area (TPSA) is 43.4 Å². The molecule has 0 aliphatic carbocycles. The predicted octanol–water partition coefficient (Wildman–Crippen LogP) is 1.25. The lowest BCUT2D eigenvalue weighted by atomic mass is 10.3. The maximum atomic E-state index is 12.6. The van der Waals surface area contributed by atoms with E-state index in [1.54, 1.807) is 6.07 Å². The minimum absolute atomic E-state index is 0.0439. The third-order valence-corrected chi connectivity index (χ3v) is 2.43. The molecule has 5 heteroatoms. The fourth-order valence-electron chi connectivity index (χ4n) is 0.868. The smallest absolute Gasteiger partial charge is 0.150 e. The van der Waals surface area contributed by atoms with Gasteiger partial charge in [-0.1, -0.05) is 6.07 Å². The molecule has 0 amide bonds. The normalized spacial score (nSPS) is 11.3. The van der Waals surface area contributed by atoms with Crippen molar-refractivity contribution in [2.45, 2.75) is 0 Å². The van der Waals surface area contributed by atoms with Crippen molar-refractivity contribution in [2.75, 3.05) is 18.6 Å². The van der Waals surface area contributed by atoms with E-state index in [1.165, 1.54) is 18.2 Å². The van der Waals surface area contributed by atoms with Gasteiger partial charge in [0, 0.05) is 12.3 Å². The Balaban J connectivity index is 2.47. The second kappa shape index (κ2) is 4.41. The molecule has 3 nitrogen and oxygen atoms in total. The molecule has 0 spiro atoms. The third kappa shape index (κ3) is 4.23. The van der Waals surface area contributed by atoms with E-state index in [-0.39, 0.29) is 12.4 Å². The van der Waals surface area contributed by atoms with Gasteiger partial charge in [0.25, 0.3) is 0 Å². The Morgan fingerprint density at radius 1 is 1.43 bits per heavy atom. The van der Waals surface area contributed by atoms with Gasteiger partial charge in [0.05, 0.1) is 5.75 Å². The Hall–Kier alpha value is -1.10. The Kier molecular flexibility index (Phi) is 3.46. The molecule has 0 unspecified atom stereocenters. The number of halogens is 1. The molecule has 0 aromatic heterocycles. The second-order valence-electron chi connectivity index (χ2n) is 2.94. The molecule has 1 aromatic carbocycles. The first-order valence-corrected chi connectivity index (χ1v) is 6.09. The first kappa shape index (κ1) is 11.0. The van der Waals surface area contributed by atoms with Gasteiger partial charge in [-0.2, -0.15) is 0 Å². The Morgan fingerprint density at radius 3 is 2.71 bits per heavy atom. The van der Waals surface area contributed by atoms with Crippen LogP contribution in [0.3, 0.4) is 0 Å². The van der Waals surface area contributed by atoms with E-state index in [0.29, 0.717) is 5.75 Å². The molecule has 78 valence electrons. The van der Waals surface area contributed by atoms with Crippen molar-refractivity contribution in [3.05, 3.63) is 30.1 Å². The maximum absolute atomic E-state index is 12.6. The average Bonchev–Trinajstić information content (AvgIpc) is 2.01. The lowest BCUT2D eigenvalue weighted by Crippen LogP contribution is -2.12. The van der Waals surface area contributed by atoms with Crippen molar-refractivity contribution in [3.8, 4) is 5.75 Å². The van der Waals surface area contributed by atoms with E-state index in [4.69, 9.17) is 4.74 Å². The van der Waals surface area contributed by atoms with Gasteiger partial charge < -0.3 is 4.74 Å². The number of rotatable bonds is 4. The summed E-state index contributed by atoms with van der Waals surface area (Å²) < 4.78 is 39.1. The van der Waals surface area contributed by atoms with E-state index in [0.717, 1.165) is 6.26 Å². The molecule has 0 radical (unpaired) electrons. The minimum Gasteiger partial charge on any atom is -0.492 e. The molecular formula is C9H11FO3S. The zero-order chi connectivity index (χ0) is 10.6. The first-order valence-electron chi connectivity index (χ1n) is 4.03. The second-order valence-corrected chi connectivity index (χ2v) is 5.20. The van der Waals surface area contributed by atoms with Crippen molar-refractivity contribution < 1.29 is 17.5 Å². The van der Waals surface area contributed by atoms with Crippen LogP contribution in [0.25, 0.3) is 0 Å². The Morgan fingerprint density at radius 2 is 2.14 bits per heavy atom. The molecule has 14 heavy (non-hydrogen) atoms. The van der Waals surface area contributed by atoms with Crippen LogP contribution in [0.5, 0.6) is 5.75 Å². The summed E-state index contributed by atoms with van der Waals surface area (Å²) in [6.07, 6.45) is 1.13. The SMILES string of the molecule is CS(=O)(=O)CCOc1cccc(F)c1. The van der Waals surface area contributed by atoms with Crippen LogP contribution >= 0.6 is 0 Å². The summed E-state index contributed by atoms with van der Waals surface area (Å²) in [6.45, 7) is 0.0439. The lowest BCUT2D eigenvalue weighted by molar-refractivity contribution is 0.339. The highest BCUT2D eigenvalue weighted by atomic mass is 32.2. The number of sulfone groups is 1. The molecule has 0 saturated carbocycles. The Bertz CT molecular complexity index is 400. The summed E-state index contributed by atoms with van der Waals surface area (Å²) in [4.78, 5) is 0. The van der Waals surface area contributed by atoms with E-state index >= 15 is 0 Å². The van der Waals surface area contributed by atoms with Crippen molar-refractivity contribution in [3.63, 3.8) is 0 Å². The fraction of sp³-hybridized carbons (Fsp3) is 0.333. The molecule has 0 aliphatic rings. The van der Waals surface area contributed by atoms with Crippen molar-refractivity contribution >= 4 is 9.84 Å². The van der Waals surface area contributed by atoms with Gasteiger partial charge in [-0.15, -0.1) is 0 Å². The zero-order valence-electron chi connectivity index (χ0n) is 7.73. The summed E-state index contributed by atoms with van der Waals surface area (Å²) in [6, 6.07) is 5.59. The number of hydrogen-bond donors (Lipinski definition) is 0. The van der Waals surface area contributed by atoms with Gasteiger partial charge in [0.15, 0.2) is 9.84 Å². The maximum Gasteiger partial charge on any atom is 0.150 e. The van der Waals surface area contributed by atoms with Crippen LogP contribution in [0, 0.1) is 5.82 Å². The van der Waals surface area contributed by atoms with E-state index in [1.807, 2.05) is 0 Å². The van der Waals surface area contributed by atoms with Crippen LogP contribution in [0.4, 0.5) is 4.39 Å². The van der Waals surface area contributed by atoms with Crippen molar-refractivity contribution in [1.29, 1.82) is 0 Å². The van der Waals surface area contributed by atoms with Crippen molar-refractivity contribution in [2.24, 2.45) is 0 Å². The summed E-state index contributed by atoms with van der Waals surface area (Å²) in [5.74, 6) is -0.126. The molecule has 0 bridgehead atoms. The number of benzene rings is 1. The van der Waals surface area contributed by atoms with Crippen molar-refractivity contribution in [1.82, 2.24) is 0 Å². The van der Waals surface area contributed by atoms with Crippen LogP contribution in [0.15, 0.2) is 24.3 Å². The molecule has 0 heterocycles. The highest BCUT2D eigenvalue weighted by molar-refractivity contribution is 7.90. The standard InChI is InChI=1S/C9H11FO3S/c1-14(11,12)6-5-13-9-4-2-3-8(10)7-9/h2-4,7H,5-6H2,1H3. The molecule has 0 aliphatic heterocycles. The quantitative estimate of drug-likeness (QED) is 0.764. The third-order valence-electron chi connectivity index (χ3n) is 1.52. The Labute approximate surface area is 82.4 Å². The lowest BCUT2D eigenvalue weighted by Gasteiger charge is -2.04. The highest BCUT2D eigenvalue weighted by Crippen LogP contribution is 2.11. The van der Waals surface area contributed by atoms with Crippen LogP contribution in [-0.2, 0) is 9.84 Å². The fourth-order valence-corrected chi connectivity index (χ4v) is 1.25. The van der Waals surface area contributed by atoms with Crippen LogP contribution in [0.1, 0.15) is 0 Å². The van der Waals surface area contributed by atoms with Crippen LogP contribution in [0.2, 0.25) is 0 Å². The molecule has 0 N–H and O–H groups in total. The molecule has 1 rings (SSSR count). The molecule has 0 saturated heterocycles. The molecule has 0 fully saturated rings.